The van der Waals surface area contributed by atoms with Crippen LogP contribution in [0.25, 0.3) is 0 Å². The molecule has 2 atom stereocenters. The maximum Gasteiger partial charge on any atom is 0.408 e. The second-order valence-electron chi connectivity index (χ2n) is 11.3. The number of primary amides is 1. The third-order valence-corrected chi connectivity index (χ3v) is 6.83. The van der Waals surface area contributed by atoms with Crippen LogP contribution in [0.2, 0.25) is 5.02 Å². The van der Waals surface area contributed by atoms with E-state index in [0.29, 0.717) is 22.7 Å². The number of hydrogen-bond acceptors (Lipinski definition) is 5. The summed E-state index contributed by atoms with van der Waals surface area (Å²) in [6, 6.07) is 11.9. The first-order chi connectivity index (χ1) is 18.6. The molecule has 0 aliphatic heterocycles. The van der Waals surface area contributed by atoms with Gasteiger partial charge in [-0.2, -0.15) is 0 Å². The Morgan fingerprint density at radius 3 is 2.15 bits per heavy atom. The standard InChI is InChI=1S/C30H41ClN4O5/c1-8-30(6,7)35(27(38)22(17-18-23(32)36)33-28(39)40-29(3,4)5)25(20-14-10-9-11-15-20)26(37)34-24-19(2)13-12-16-21(24)31/h9-16,22,25H,8,17-18H2,1-7H3,(H2,32,36)(H,33,39)(H,34,37). The lowest BCUT2D eigenvalue weighted by Crippen LogP contribution is -2.59. The van der Waals surface area contributed by atoms with Gasteiger partial charge in [-0.1, -0.05) is 61.0 Å². The third kappa shape index (κ3) is 8.98. The predicted molar refractivity (Wildman–Crippen MR) is 157 cm³/mol. The number of nitrogens with one attached hydrogen (secondary N) is 2. The molecule has 4 N–H and O–H groups in total. The summed E-state index contributed by atoms with van der Waals surface area (Å²) < 4.78 is 5.38. The van der Waals surface area contributed by atoms with E-state index in [4.69, 9.17) is 22.1 Å². The molecule has 2 unspecified atom stereocenters. The fraction of sp³-hybridized carbons (Fsp3) is 0.467. The number of ether oxygens (including phenoxy) is 1. The molecule has 2 aromatic rings. The molecule has 0 spiro atoms. The number of nitrogens with zero attached hydrogens (tertiary/aromatic N) is 1. The van der Waals surface area contributed by atoms with Gasteiger partial charge in [-0.15, -0.1) is 0 Å². The van der Waals surface area contributed by atoms with Crippen LogP contribution < -0.4 is 16.4 Å². The summed E-state index contributed by atoms with van der Waals surface area (Å²) in [5, 5.41) is 5.88. The number of amides is 4. The summed E-state index contributed by atoms with van der Waals surface area (Å²) in [5.41, 5.74) is 5.47. The van der Waals surface area contributed by atoms with Crippen molar-refractivity contribution in [2.24, 2.45) is 5.73 Å². The quantitative estimate of drug-likeness (QED) is 0.327. The molecule has 40 heavy (non-hydrogen) atoms. The molecule has 218 valence electrons. The van der Waals surface area contributed by atoms with Crippen LogP contribution in [0, 0.1) is 6.92 Å². The van der Waals surface area contributed by atoms with Crippen molar-refractivity contribution >= 4 is 41.1 Å². The summed E-state index contributed by atoms with van der Waals surface area (Å²) in [6.07, 6.45) is -0.573. The summed E-state index contributed by atoms with van der Waals surface area (Å²) in [7, 11) is 0. The van der Waals surface area contributed by atoms with Crippen molar-refractivity contribution in [2.75, 3.05) is 5.32 Å². The highest BCUT2D eigenvalue weighted by molar-refractivity contribution is 6.34. The van der Waals surface area contributed by atoms with Gasteiger partial charge in [0.05, 0.1) is 10.7 Å². The highest BCUT2D eigenvalue weighted by atomic mass is 35.5. The fourth-order valence-electron chi connectivity index (χ4n) is 4.14. The van der Waals surface area contributed by atoms with Gasteiger partial charge in [-0.25, -0.2) is 4.79 Å². The van der Waals surface area contributed by atoms with Gasteiger partial charge >= 0.3 is 6.09 Å². The van der Waals surface area contributed by atoms with Crippen LogP contribution in [0.5, 0.6) is 0 Å². The molecule has 0 aliphatic rings. The van der Waals surface area contributed by atoms with E-state index in [9.17, 15) is 19.2 Å². The van der Waals surface area contributed by atoms with E-state index < -0.39 is 47.0 Å². The minimum atomic E-state index is -1.19. The number of aryl methyl sites for hydroxylation is 1. The van der Waals surface area contributed by atoms with Crippen LogP contribution in [0.4, 0.5) is 10.5 Å². The Kier molecular flexibility index (Phi) is 11.1. The first kappa shape index (κ1) is 32.6. The average Bonchev–Trinajstić information content (AvgIpc) is 2.86. The van der Waals surface area contributed by atoms with Crippen LogP contribution in [0.1, 0.15) is 78.0 Å². The Morgan fingerprint density at radius 1 is 1.00 bits per heavy atom. The van der Waals surface area contributed by atoms with Gasteiger partial charge in [-0.05, 0) is 71.6 Å². The van der Waals surface area contributed by atoms with Crippen molar-refractivity contribution in [3.8, 4) is 0 Å². The van der Waals surface area contributed by atoms with Crippen molar-refractivity contribution in [3.63, 3.8) is 0 Å². The number of carbonyl (C=O) groups is 4. The molecule has 2 aromatic carbocycles. The third-order valence-electron chi connectivity index (χ3n) is 6.52. The maximum atomic E-state index is 14.4. The molecule has 4 amide bonds. The number of halogens is 1. The molecular weight excluding hydrogens is 532 g/mol. The van der Waals surface area contributed by atoms with Crippen LogP contribution in [-0.4, -0.2) is 45.9 Å². The molecule has 0 fully saturated rings. The zero-order chi connectivity index (χ0) is 30.3. The highest BCUT2D eigenvalue weighted by Crippen LogP contribution is 2.34. The molecular formula is C30H41ClN4O5. The summed E-state index contributed by atoms with van der Waals surface area (Å²) in [4.78, 5) is 54.3. The predicted octanol–water partition coefficient (Wildman–Crippen LogP) is 5.50. The van der Waals surface area contributed by atoms with E-state index in [2.05, 4.69) is 10.6 Å². The summed E-state index contributed by atoms with van der Waals surface area (Å²) in [6.45, 7) is 12.5. The number of anilines is 1. The van der Waals surface area contributed by atoms with Gasteiger partial charge in [0.15, 0.2) is 0 Å². The molecule has 0 bridgehead atoms. The van der Waals surface area contributed by atoms with Crippen LogP contribution in [0.15, 0.2) is 48.5 Å². The molecule has 9 nitrogen and oxygen atoms in total. The number of alkyl carbamates (subject to hydrolysis) is 1. The lowest BCUT2D eigenvalue weighted by molar-refractivity contribution is -0.148. The molecule has 2 rings (SSSR count). The van der Waals surface area contributed by atoms with Crippen molar-refractivity contribution < 1.29 is 23.9 Å². The van der Waals surface area contributed by atoms with E-state index in [1.54, 1.807) is 57.2 Å². The lowest BCUT2D eigenvalue weighted by atomic mass is 9.91. The number of rotatable bonds is 11. The normalized spacial score (nSPS) is 13.1. The second kappa shape index (κ2) is 13.7. The van der Waals surface area contributed by atoms with Crippen LogP contribution >= 0.6 is 11.6 Å². The maximum absolute atomic E-state index is 14.4. The number of para-hydroxylation sites is 1. The van der Waals surface area contributed by atoms with Crippen molar-refractivity contribution in [2.45, 2.75) is 91.0 Å². The van der Waals surface area contributed by atoms with Gasteiger partial charge in [0.2, 0.25) is 11.8 Å². The highest BCUT2D eigenvalue weighted by Gasteiger charge is 2.43. The Labute approximate surface area is 241 Å². The molecule has 0 aliphatic carbocycles. The SMILES string of the molecule is CCC(C)(C)N(C(=O)C(CCC(N)=O)NC(=O)OC(C)(C)C)C(C(=O)Nc1c(C)cccc1Cl)c1ccccc1. The summed E-state index contributed by atoms with van der Waals surface area (Å²) >= 11 is 6.41. The minimum Gasteiger partial charge on any atom is -0.444 e. The van der Waals surface area contributed by atoms with Gasteiger partial charge in [0.1, 0.15) is 17.7 Å². The van der Waals surface area contributed by atoms with Gasteiger partial charge in [-0.3, -0.25) is 14.4 Å². The largest absolute Gasteiger partial charge is 0.444 e. The van der Waals surface area contributed by atoms with E-state index in [0.717, 1.165) is 5.56 Å². The average molecular weight is 573 g/mol. The first-order valence-corrected chi connectivity index (χ1v) is 13.7. The van der Waals surface area contributed by atoms with Crippen molar-refractivity contribution in [1.82, 2.24) is 10.2 Å². The monoisotopic (exact) mass is 572 g/mol. The molecule has 0 aromatic heterocycles. The summed E-state index contributed by atoms with van der Waals surface area (Å²) in [5.74, 6) is -1.67. The Bertz CT molecular complexity index is 1190. The van der Waals surface area contributed by atoms with Crippen LogP contribution in [0.3, 0.4) is 0 Å². The molecule has 0 heterocycles. The zero-order valence-corrected chi connectivity index (χ0v) is 25.1. The Morgan fingerprint density at radius 2 is 1.62 bits per heavy atom. The molecule has 0 saturated heterocycles. The topological polar surface area (TPSA) is 131 Å². The minimum absolute atomic E-state index is 0.0730. The van der Waals surface area contributed by atoms with E-state index in [1.807, 2.05) is 39.8 Å². The Balaban J connectivity index is 2.64. The second-order valence-corrected chi connectivity index (χ2v) is 11.7. The van der Waals surface area contributed by atoms with E-state index in [-0.39, 0.29) is 12.8 Å². The molecule has 0 radical (unpaired) electrons. The van der Waals surface area contributed by atoms with Gasteiger partial charge < -0.3 is 26.0 Å². The fourth-order valence-corrected chi connectivity index (χ4v) is 4.41. The van der Waals surface area contributed by atoms with Gasteiger partial charge in [0, 0.05) is 12.0 Å². The number of nitrogens with two attached hydrogens (primary N) is 1. The number of benzene rings is 2. The number of carbonyl (C=O) groups excluding carboxylic acids is 4. The molecule has 0 saturated carbocycles. The van der Waals surface area contributed by atoms with Crippen LogP contribution in [-0.2, 0) is 19.1 Å². The molecule has 10 heteroatoms. The Hall–Kier alpha value is -3.59. The van der Waals surface area contributed by atoms with Crippen molar-refractivity contribution in [1.29, 1.82) is 0 Å². The lowest BCUT2D eigenvalue weighted by Gasteiger charge is -2.44. The van der Waals surface area contributed by atoms with Gasteiger partial charge in [0.25, 0.3) is 5.91 Å². The number of hydrogen-bond donors (Lipinski definition) is 3. The first-order valence-electron chi connectivity index (χ1n) is 13.3. The van der Waals surface area contributed by atoms with Crippen molar-refractivity contribution in [3.05, 3.63) is 64.7 Å². The van der Waals surface area contributed by atoms with E-state index >= 15 is 0 Å². The zero-order valence-electron chi connectivity index (χ0n) is 24.3. The smallest absolute Gasteiger partial charge is 0.408 e. The van der Waals surface area contributed by atoms with E-state index in [1.165, 1.54) is 4.90 Å².